The minimum absolute atomic E-state index is 0.154. The van der Waals surface area contributed by atoms with E-state index in [1.807, 2.05) is 24.3 Å². The highest BCUT2D eigenvalue weighted by Gasteiger charge is 2.27. The van der Waals surface area contributed by atoms with E-state index < -0.39 is 0 Å². The van der Waals surface area contributed by atoms with Crippen molar-refractivity contribution in [2.75, 3.05) is 11.4 Å². The molecule has 3 atom stereocenters. The number of nitrogens with one attached hydrogen (secondary N) is 3. The molecular weight excluding hydrogens is 372 g/mol. The molecule has 1 aliphatic heterocycles. The van der Waals surface area contributed by atoms with Crippen LogP contribution in [-0.2, 0) is 16.0 Å². The number of rotatable bonds is 4. The second-order valence-corrected chi connectivity index (χ2v) is 8.42. The average Bonchev–Trinajstić information content (AvgIpc) is 3.10. The van der Waals surface area contributed by atoms with Crippen LogP contribution < -0.4 is 21.1 Å². The normalized spacial score (nSPS) is 24.7. The maximum absolute atomic E-state index is 12.2. The van der Waals surface area contributed by atoms with Crippen molar-refractivity contribution in [2.45, 2.75) is 58.4 Å². The molecule has 1 saturated heterocycles. The highest BCUT2D eigenvalue weighted by Crippen LogP contribution is 2.29. The van der Waals surface area contributed by atoms with Crippen LogP contribution in [0.15, 0.2) is 24.3 Å². The fourth-order valence-electron chi connectivity index (χ4n) is 4.06. The lowest BCUT2D eigenvalue weighted by atomic mass is 9.78. The second kappa shape index (κ2) is 9.37. The molecule has 152 valence electrons. The lowest BCUT2D eigenvalue weighted by Gasteiger charge is -2.35. The van der Waals surface area contributed by atoms with E-state index in [1.54, 1.807) is 4.90 Å². The standard InChI is InChI=1S/C21H30N4O2S/c1-14-5-3-6-18(15(14)2)22-21(28)24-23-19(26)13-16-8-10-17(11-9-16)25-12-4-7-20(25)27/h8-11,14-15,18H,3-7,12-13H2,1-2H3,(H,23,26)(H2,22,24,28)/t14-,15+,18+/m0/s1. The Hall–Kier alpha value is -2.15. The topological polar surface area (TPSA) is 73.5 Å². The summed E-state index contributed by atoms with van der Waals surface area (Å²) in [5, 5.41) is 3.79. The van der Waals surface area contributed by atoms with Gasteiger partial charge in [-0.2, -0.15) is 0 Å². The molecular formula is C21H30N4O2S. The predicted molar refractivity (Wildman–Crippen MR) is 115 cm³/mol. The van der Waals surface area contributed by atoms with Gasteiger partial charge < -0.3 is 10.2 Å². The van der Waals surface area contributed by atoms with Gasteiger partial charge in [-0.15, -0.1) is 0 Å². The number of nitrogens with zero attached hydrogens (tertiary/aromatic N) is 1. The van der Waals surface area contributed by atoms with E-state index in [0.717, 1.165) is 30.6 Å². The van der Waals surface area contributed by atoms with Gasteiger partial charge in [-0.25, -0.2) is 0 Å². The number of carbonyl (C=O) groups excluding carboxylic acids is 2. The summed E-state index contributed by atoms with van der Waals surface area (Å²) in [4.78, 5) is 25.8. The monoisotopic (exact) mass is 402 g/mol. The predicted octanol–water partition coefficient (Wildman–Crippen LogP) is 2.68. The smallest absolute Gasteiger partial charge is 0.242 e. The number of hydrogen-bond acceptors (Lipinski definition) is 3. The van der Waals surface area contributed by atoms with Crippen LogP contribution in [0.4, 0.5) is 5.69 Å². The van der Waals surface area contributed by atoms with Crippen molar-refractivity contribution in [1.29, 1.82) is 0 Å². The molecule has 0 spiro atoms. The van der Waals surface area contributed by atoms with Crippen LogP contribution in [0.2, 0.25) is 0 Å². The molecule has 1 aliphatic carbocycles. The first-order valence-corrected chi connectivity index (χ1v) is 10.6. The van der Waals surface area contributed by atoms with E-state index in [4.69, 9.17) is 12.2 Å². The maximum Gasteiger partial charge on any atom is 0.242 e. The Kier molecular flexibility index (Phi) is 6.88. The van der Waals surface area contributed by atoms with Crippen molar-refractivity contribution in [3.8, 4) is 0 Å². The number of anilines is 1. The number of thiocarbonyl (C=S) groups is 1. The largest absolute Gasteiger partial charge is 0.358 e. The molecule has 6 nitrogen and oxygen atoms in total. The average molecular weight is 403 g/mol. The minimum atomic E-state index is -0.154. The van der Waals surface area contributed by atoms with E-state index in [2.05, 4.69) is 30.0 Å². The molecule has 0 unspecified atom stereocenters. The highest BCUT2D eigenvalue weighted by atomic mass is 32.1. The first-order valence-electron chi connectivity index (χ1n) is 10.2. The van der Waals surface area contributed by atoms with Gasteiger partial charge >= 0.3 is 0 Å². The van der Waals surface area contributed by atoms with Gasteiger partial charge in [-0.1, -0.05) is 38.8 Å². The molecule has 2 fully saturated rings. The Morgan fingerprint density at radius 1 is 1.14 bits per heavy atom. The van der Waals surface area contributed by atoms with Gasteiger partial charge in [0.05, 0.1) is 6.42 Å². The molecule has 28 heavy (non-hydrogen) atoms. The van der Waals surface area contributed by atoms with Gasteiger partial charge in [0.15, 0.2) is 5.11 Å². The zero-order valence-corrected chi connectivity index (χ0v) is 17.5. The van der Waals surface area contributed by atoms with E-state index >= 15 is 0 Å². The molecule has 1 aromatic carbocycles. The van der Waals surface area contributed by atoms with Crippen LogP contribution in [0, 0.1) is 11.8 Å². The van der Waals surface area contributed by atoms with E-state index in [-0.39, 0.29) is 18.2 Å². The zero-order chi connectivity index (χ0) is 20.1. The first-order chi connectivity index (χ1) is 13.4. The van der Waals surface area contributed by atoms with E-state index in [1.165, 1.54) is 12.8 Å². The van der Waals surface area contributed by atoms with Crippen LogP contribution >= 0.6 is 12.2 Å². The number of hydrogen-bond donors (Lipinski definition) is 3. The molecule has 3 rings (SSSR count). The van der Waals surface area contributed by atoms with Gasteiger partial charge in [0, 0.05) is 24.7 Å². The zero-order valence-electron chi connectivity index (χ0n) is 16.7. The lowest BCUT2D eigenvalue weighted by molar-refractivity contribution is -0.121. The Bertz CT molecular complexity index is 722. The maximum atomic E-state index is 12.2. The van der Waals surface area contributed by atoms with Gasteiger partial charge in [0.1, 0.15) is 0 Å². The molecule has 2 amide bonds. The molecule has 0 radical (unpaired) electrons. The number of carbonyl (C=O) groups is 2. The fourth-order valence-corrected chi connectivity index (χ4v) is 4.26. The third-order valence-electron chi connectivity index (χ3n) is 6.02. The fraction of sp³-hybridized carbons (Fsp3) is 0.571. The van der Waals surface area contributed by atoms with Gasteiger partial charge in [-0.05, 0) is 54.6 Å². The Morgan fingerprint density at radius 2 is 1.89 bits per heavy atom. The van der Waals surface area contributed by atoms with Gasteiger partial charge in [0.25, 0.3) is 0 Å². The summed E-state index contributed by atoms with van der Waals surface area (Å²) >= 11 is 5.32. The van der Waals surface area contributed by atoms with Crippen molar-refractivity contribution in [2.24, 2.45) is 11.8 Å². The molecule has 7 heteroatoms. The van der Waals surface area contributed by atoms with E-state index in [9.17, 15) is 9.59 Å². The van der Waals surface area contributed by atoms with E-state index in [0.29, 0.717) is 29.4 Å². The van der Waals surface area contributed by atoms with Crippen molar-refractivity contribution in [3.05, 3.63) is 29.8 Å². The lowest BCUT2D eigenvalue weighted by Crippen LogP contribution is -2.52. The quantitative estimate of drug-likeness (QED) is 0.533. The molecule has 0 bridgehead atoms. The summed E-state index contributed by atoms with van der Waals surface area (Å²) in [5.74, 6) is 1.25. The third-order valence-corrected chi connectivity index (χ3v) is 6.24. The summed E-state index contributed by atoms with van der Waals surface area (Å²) in [6, 6.07) is 7.93. The molecule has 1 saturated carbocycles. The number of amides is 2. The molecule has 0 aromatic heterocycles. The van der Waals surface area contributed by atoms with Crippen LogP contribution in [0.5, 0.6) is 0 Å². The van der Waals surface area contributed by atoms with Crippen LogP contribution in [-0.4, -0.2) is 29.5 Å². The number of hydrazine groups is 1. The van der Waals surface area contributed by atoms with Crippen LogP contribution in [0.1, 0.15) is 51.5 Å². The minimum Gasteiger partial charge on any atom is -0.358 e. The van der Waals surface area contributed by atoms with Crippen molar-refractivity contribution in [1.82, 2.24) is 16.2 Å². The van der Waals surface area contributed by atoms with Crippen molar-refractivity contribution < 1.29 is 9.59 Å². The first kappa shape index (κ1) is 20.6. The van der Waals surface area contributed by atoms with Crippen molar-refractivity contribution in [3.63, 3.8) is 0 Å². The Labute approximate surface area is 172 Å². The second-order valence-electron chi connectivity index (χ2n) is 8.01. The summed E-state index contributed by atoms with van der Waals surface area (Å²) in [6.45, 7) is 5.30. The molecule has 2 aliphatic rings. The molecule has 1 aromatic rings. The van der Waals surface area contributed by atoms with Crippen LogP contribution in [0.3, 0.4) is 0 Å². The highest BCUT2D eigenvalue weighted by molar-refractivity contribution is 7.80. The summed E-state index contributed by atoms with van der Waals surface area (Å²) in [6.07, 6.45) is 5.34. The van der Waals surface area contributed by atoms with Gasteiger partial charge in [0.2, 0.25) is 11.8 Å². The summed E-state index contributed by atoms with van der Waals surface area (Å²) in [5.41, 5.74) is 7.27. The van der Waals surface area contributed by atoms with Crippen LogP contribution in [0.25, 0.3) is 0 Å². The SMILES string of the molecule is C[C@@H]1[C@@H](C)CCC[C@H]1NC(=S)NNC(=O)Cc1ccc(N2CCCC2=O)cc1. The van der Waals surface area contributed by atoms with Gasteiger partial charge in [-0.3, -0.25) is 20.4 Å². The Balaban J connectivity index is 1.42. The Morgan fingerprint density at radius 3 is 2.57 bits per heavy atom. The summed E-state index contributed by atoms with van der Waals surface area (Å²) < 4.78 is 0. The molecule has 1 heterocycles. The number of benzene rings is 1. The third kappa shape index (κ3) is 5.22. The summed E-state index contributed by atoms with van der Waals surface area (Å²) in [7, 11) is 0. The van der Waals surface area contributed by atoms with Crippen molar-refractivity contribution >= 4 is 34.8 Å². The molecule has 3 N–H and O–H groups in total.